The van der Waals surface area contributed by atoms with E-state index in [2.05, 4.69) is 23.8 Å². The molecule has 0 N–H and O–H groups in total. The number of carbonyl (C=O) groups is 1. The van der Waals surface area contributed by atoms with E-state index in [0.29, 0.717) is 13.1 Å². The van der Waals surface area contributed by atoms with E-state index in [1.165, 1.54) is 0 Å². The molecule has 0 aliphatic heterocycles. The SMILES string of the molecule is Cc1cccnc1CN(Cc1ccccc1)C(=O)Cn1ccnc1C(C)C. The van der Waals surface area contributed by atoms with E-state index in [0.717, 1.165) is 22.6 Å². The van der Waals surface area contributed by atoms with Crippen LogP contribution in [0.2, 0.25) is 0 Å². The fraction of sp³-hybridized carbons (Fsp3) is 0.318. The van der Waals surface area contributed by atoms with Gasteiger partial charge in [-0.3, -0.25) is 9.78 Å². The average molecular weight is 362 g/mol. The van der Waals surface area contributed by atoms with Crippen LogP contribution in [0.4, 0.5) is 0 Å². The predicted octanol–water partition coefficient (Wildman–Crippen LogP) is 3.94. The lowest BCUT2D eigenvalue weighted by molar-refractivity contribution is -0.133. The van der Waals surface area contributed by atoms with Gasteiger partial charge in [-0.15, -0.1) is 0 Å². The molecule has 0 radical (unpaired) electrons. The maximum Gasteiger partial charge on any atom is 0.243 e. The van der Waals surface area contributed by atoms with Crippen molar-refractivity contribution in [1.29, 1.82) is 0 Å². The van der Waals surface area contributed by atoms with E-state index >= 15 is 0 Å². The molecule has 0 fully saturated rings. The highest BCUT2D eigenvalue weighted by Crippen LogP contribution is 2.15. The van der Waals surface area contributed by atoms with Gasteiger partial charge in [-0.1, -0.05) is 50.2 Å². The van der Waals surface area contributed by atoms with Gasteiger partial charge in [0.05, 0.1) is 12.2 Å². The highest BCUT2D eigenvalue weighted by Gasteiger charge is 2.18. The van der Waals surface area contributed by atoms with Crippen LogP contribution in [-0.4, -0.2) is 25.3 Å². The first-order valence-electron chi connectivity index (χ1n) is 9.28. The van der Waals surface area contributed by atoms with E-state index in [-0.39, 0.29) is 18.4 Å². The highest BCUT2D eigenvalue weighted by atomic mass is 16.2. The normalized spacial score (nSPS) is 11.0. The van der Waals surface area contributed by atoms with Crippen LogP contribution in [0.15, 0.2) is 61.1 Å². The summed E-state index contributed by atoms with van der Waals surface area (Å²) in [7, 11) is 0. The Morgan fingerprint density at radius 1 is 1.04 bits per heavy atom. The Kier molecular flexibility index (Phi) is 6.01. The van der Waals surface area contributed by atoms with Crippen molar-refractivity contribution >= 4 is 5.91 Å². The van der Waals surface area contributed by atoms with E-state index in [1.54, 1.807) is 12.4 Å². The Balaban J connectivity index is 1.83. The van der Waals surface area contributed by atoms with Crippen LogP contribution in [-0.2, 0) is 24.4 Å². The summed E-state index contributed by atoms with van der Waals surface area (Å²) in [4.78, 5) is 23.9. The third-order valence-corrected chi connectivity index (χ3v) is 4.60. The predicted molar refractivity (Wildman–Crippen MR) is 106 cm³/mol. The molecule has 2 heterocycles. The lowest BCUT2D eigenvalue weighted by Crippen LogP contribution is -2.34. The number of hydrogen-bond donors (Lipinski definition) is 0. The monoisotopic (exact) mass is 362 g/mol. The molecule has 3 rings (SSSR count). The summed E-state index contributed by atoms with van der Waals surface area (Å²) in [5.74, 6) is 1.26. The van der Waals surface area contributed by atoms with Crippen LogP contribution in [0, 0.1) is 6.92 Å². The molecule has 3 aromatic rings. The van der Waals surface area contributed by atoms with Crippen molar-refractivity contribution < 1.29 is 4.79 Å². The molecule has 140 valence electrons. The van der Waals surface area contributed by atoms with Gasteiger partial charge in [0.25, 0.3) is 0 Å². The second-order valence-corrected chi connectivity index (χ2v) is 7.07. The average Bonchev–Trinajstić information content (AvgIpc) is 3.12. The maximum atomic E-state index is 13.2. The number of nitrogens with zero attached hydrogens (tertiary/aromatic N) is 4. The maximum absolute atomic E-state index is 13.2. The summed E-state index contributed by atoms with van der Waals surface area (Å²) < 4.78 is 1.94. The van der Waals surface area contributed by atoms with Crippen LogP contribution < -0.4 is 0 Å². The van der Waals surface area contributed by atoms with Crippen molar-refractivity contribution in [3.05, 3.63) is 83.7 Å². The third kappa shape index (κ3) is 4.82. The lowest BCUT2D eigenvalue weighted by Gasteiger charge is -2.24. The molecule has 0 aliphatic carbocycles. The van der Waals surface area contributed by atoms with Crippen LogP contribution >= 0.6 is 0 Å². The van der Waals surface area contributed by atoms with Gasteiger partial charge in [-0.2, -0.15) is 0 Å². The molecule has 0 aliphatic rings. The number of imidazole rings is 1. The van der Waals surface area contributed by atoms with E-state index in [9.17, 15) is 4.79 Å². The van der Waals surface area contributed by atoms with Crippen LogP contribution in [0.25, 0.3) is 0 Å². The zero-order valence-electron chi connectivity index (χ0n) is 16.2. The van der Waals surface area contributed by atoms with Gasteiger partial charge in [-0.25, -0.2) is 4.98 Å². The first kappa shape index (κ1) is 18.8. The second-order valence-electron chi connectivity index (χ2n) is 7.07. The molecule has 5 heteroatoms. The largest absolute Gasteiger partial charge is 0.331 e. The smallest absolute Gasteiger partial charge is 0.243 e. The molecule has 0 unspecified atom stereocenters. The summed E-state index contributed by atoms with van der Waals surface area (Å²) >= 11 is 0. The molecular weight excluding hydrogens is 336 g/mol. The van der Waals surface area contributed by atoms with E-state index in [1.807, 2.05) is 65.1 Å². The van der Waals surface area contributed by atoms with Gasteiger partial charge in [-0.05, 0) is 24.1 Å². The molecule has 5 nitrogen and oxygen atoms in total. The standard InChI is InChI=1S/C22H26N4O/c1-17(2)22-24-12-13-25(22)16-21(27)26(14-19-9-5-4-6-10-19)15-20-18(3)8-7-11-23-20/h4-13,17H,14-16H2,1-3H3. The number of rotatable bonds is 7. The Hall–Kier alpha value is -2.95. The molecular formula is C22H26N4O. The summed E-state index contributed by atoms with van der Waals surface area (Å²) in [5, 5.41) is 0. The fourth-order valence-corrected chi connectivity index (χ4v) is 3.10. The molecule has 0 bridgehead atoms. The Bertz CT molecular complexity index is 886. The minimum Gasteiger partial charge on any atom is -0.331 e. The van der Waals surface area contributed by atoms with E-state index < -0.39 is 0 Å². The number of aryl methyl sites for hydroxylation is 1. The molecule has 0 atom stereocenters. The van der Waals surface area contributed by atoms with E-state index in [4.69, 9.17) is 0 Å². The number of aromatic nitrogens is 3. The number of pyridine rings is 1. The van der Waals surface area contributed by atoms with Crippen molar-refractivity contribution in [2.45, 2.75) is 46.3 Å². The first-order valence-corrected chi connectivity index (χ1v) is 9.28. The topological polar surface area (TPSA) is 51.0 Å². The third-order valence-electron chi connectivity index (χ3n) is 4.60. The van der Waals surface area contributed by atoms with Crippen molar-refractivity contribution in [3.8, 4) is 0 Å². The van der Waals surface area contributed by atoms with Gasteiger partial charge in [0.1, 0.15) is 12.4 Å². The Labute approximate surface area is 160 Å². The molecule has 2 aromatic heterocycles. The molecule has 0 saturated carbocycles. The molecule has 27 heavy (non-hydrogen) atoms. The van der Waals surface area contributed by atoms with Crippen LogP contribution in [0.5, 0.6) is 0 Å². The number of amides is 1. The van der Waals surface area contributed by atoms with Gasteiger partial charge in [0.15, 0.2) is 0 Å². The summed E-state index contributed by atoms with van der Waals surface area (Å²) in [5.41, 5.74) is 3.12. The summed E-state index contributed by atoms with van der Waals surface area (Å²) in [6.07, 6.45) is 5.41. The number of carbonyl (C=O) groups excluding carboxylic acids is 1. The van der Waals surface area contributed by atoms with Crippen molar-refractivity contribution in [2.75, 3.05) is 0 Å². The molecule has 1 aromatic carbocycles. The molecule has 1 amide bonds. The summed E-state index contributed by atoms with van der Waals surface area (Å²) in [6.45, 7) is 7.53. The van der Waals surface area contributed by atoms with Crippen molar-refractivity contribution in [3.63, 3.8) is 0 Å². The Morgan fingerprint density at radius 2 is 1.81 bits per heavy atom. The minimum absolute atomic E-state index is 0.0591. The van der Waals surface area contributed by atoms with Gasteiger partial charge in [0, 0.05) is 31.1 Å². The number of benzene rings is 1. The highest BCUT2D eigenvalue weighted by molar-refractivity contribution is 5.76. The zero-order chi connectivity index (χ0) is 19.2. The minimum atomic E-state index is 0.0591. The molecule has 0 spiro atoms. The molecule has 0 saturated heterocycles. The van der Waals surface area contributed by atoms with Crippen molar-refractivity contribution in [1.82, 2.24) is 19.4 Å². The van der Waals surface area contributed by atoms with Gasteiger partial charge in [0.2, 0.25) is 5.91 Å². The lowest BCUT2D eigenvalue weighted by atomic mass is 10.1. The van der Waals surface area contributed by atoms with Gasteiger partial charge >= 0.3 is 0 Å². The first-order chi connectivity index (χ1) is 13.0. The second kappa shape index (κ2) is 8.62. The van der Waals surface area contributed by atoms with Gasteiger partial charge < -0.3 is 9.47 Å². The Morgan fingerprint density at radius 3 is 2.52 bits per heavy atom. The van der Waals surface area contributed by atoms with Crippen LogP contribution in [0.1, 0.15) is 42.4 Å². The summed E-state index contributed by atoms with van der Waals surface area (Å²) in [6, 6.07) is 14.0. The van der Waals surface area contributed by atoms with Crippen molar-refractivity contribution in [2.24, 2.45) is 0 Å². The van der Waals surface area contributed by atoms with Crippen LogP contribution in [0.3, 0.4) is 0 Å². The quantitative estimate of drug-likeness (QED) is 0.640. The zero-order valence-corrected chi connectivity index (χ0v) is 16.2. The number of hydrogen-bond acceptors (Lipinski definition) is 3. The fourth-order valence-electron chi connectivity index (χ4n) is 3.10.